The molecule has 2 aromatic rings. The van der Waals surface area contributed by atoms with Gasteiger partial charge in [0.1, 0.15) is 17.5 Å². The summed E-state index contributed by atoms with van der Waals surface area (Å²) in [5.74, 6) is 0.647. The van der Waals surface area contributed by atoms with Gasteiger partial charge in [-0.05, 0) is 35.9 Å². The maximum atomic E-state index is 10.9. The molecule has 106 valence electrons. The molecule has 0 unspecified atom stereocenters. The zero-order valence-electron chi connectivity index (χ0n) is 11.6. The minimum absolute atomic E-state index is 0.115. The topological polar surface area (TPSA) is 78.1 Å². The molecule has 0 fully saturated rings. The first kappa shape index (κ1) is 14.4. The molecule has 0 bridgehead atoms. The summed E-state index contributed by atoms with van der Waals surface area (Å²) in [7, 11) is 0. The summed E-state index contributed by atoms with van der Waals surface area (Å²) < 4.78 is 5.19. The molecule has 1 heterocycles. The monoisotopic (exact) mass is 281 g/mol. The van der Waals surface area contributed by atoms with Gasteiger partial charge in [-0.15, -0.1) is 0 Å². The number of amides is 1. The van der Waals surface area contributed by atoms with Gasteiger partial charge < -0.3 is 15.1 Å². The summed E-state index contributed by atoms with van der Waals surface area (Å²) in [4.78, 5) is 10.9. The molecule has 1 amide bonds. The summed E-state index contributed by atoms with van der Waals surface area (Å²) in [6.07, 6.45) is 3.33. The Morgan fingerprint density at radius 2 is 2.10 bits per heavy atom. The van der Waals surface area contributed by atoms with Crippen molar-refractivity contribution in [1.82, 2.24) is 5.32 Å². The van der Waals surface area contributed by atoms with Crippen LogP contribution in [0.3, 0.4) is 0 Å². The van der Waals surface area contributed by atoms with Crippen LogP contribution < -0.4 is 10.6 Å². The third kappa shape index (κ3) is 4.55. The number of nitrogens with zero attached hydrogens (tertiary/aromatic N) is 1. The number of hydrogen-bond acceptors (Lipinski definition) is 4. The molecule has 5 nitrogen and oxygen atoms in total. The Hall–Kier alpha value is -3.00. The van der Waals surface area contributed by atoms with E-state index in [9.17, 15) is 4.79 Å². The molecule has 0 saturated carbocycles. The minimum atomic E-state index is -0.115. The number of nitrogens with one attached hydrogen (secondary N) is 2. The normalized spacial score (nSPS) is 10.8. The van der Waals surface area contributed by atoms with Gasteiger partial charge in [0.25, 0.3) is 0 Å². The lowest BCUT2D eigenvalue weighted by molar-refractivity contribution is -0.114. The van der Waals surface area contributed by atoms with Crippen LogP contribution in [-0.4, -0.2) is 5.91 Å². The van der Waals surface area contributed by atoms with Crippen molar-refractivity contribution in [1.29, 1.82) is 5.26 Å². The summed E-state index contributed by atoms with van der Waals surface area (Å²) in [5.41, 5.74) is 2.04. The van der Waals surface area contributed by atoms with Crippen molar-refractivity contribution in [3.05, 3.63) is 59.7 Å². The number of nitriles is 1. The zero-order valence-corrected chi connectivity index (χ0v) is 11.6. The summed E-state index contributed by atoms with van der Waals surface area (Å²) in [5, 5.41) is 14.8. The number of furan rings is 1. The van der Waals surface area contributed by atoms with Crippen LogP contribution in [0.5, 0.6) is 0 Å². The van der Waals surface area contributed by atoms with Gasteiger partial charge >= 0.3 is 0 Å². The lowest BCUT2D eigenvalue weighted by atomic mass is 10.1. The van der Waals surface area contributed by atoms with Gasteiger partial charge in [-0.25, -0.2) is 0 Å². The fourth-order valence-corrected chi connectivity index (χ4v) is 1.75. The van der Waals surface area contributed by atoms with Gasteiger partial charge in [-0.2, -0.15) is 5.26 Å². The van der Waals surface area contributed by atoms with Gasteiger partial charge in [0.05, 0.1) is 12.8 Å². The molecular weight excluding hydrogens is 266 g/mol. The predicted molar refractivity (Wildman–Crippen MR) is 79.9 cm³/mol. The average molecular weight is 281 g/mol. The van der Waals surface area contributed by atoms with Crippen LogP contribution in [0.2, 0.25) is 0 Å². The molecule has 0 aliphatic rings. The highest BCUT2D eigenvalue weighted by molar-refractivity contribution is 5.88. The Balaban J connectivity index is 2.02. The molecule has 5 heteroatoms. The smallest absolute Gasteiger partial charge is 0.221 e. The molecule has 0 spiro atoms. The zero-order chi connectivity index (χ0) is 15.1. The number of carbonyl (C=O) groups excluding carboxylic acids is 1. The molecule has 0 radical (unpaired) electrons. The number of benzene rings is 1. The Morgan fingerprint density at radius 1 is 1.33 bits per heavy atom. The lowest BCUT2D eigenvalue weighted by Crippen LogP contribution is -2.10. The second-order valence-electron chi connectivity index (χ2n) is 4.41. The van der Waals surface area contributed by atoms with Gasteiger partial charge in [0.2, 0.25) is 5.91 Å². The number of allylic oxidation sites excluding steroid dienone is 1. The van der Waals surface area contributed by atoms with E-state index in [1.54, 1.807) is 30.5 Å². The van der Waals surface area contributed by atoms with Crippen molar-refractivity contribution < 1.29 is 9.21 Å². The number of anilines is 1. The van der Waals surface area contributed by atoms with Gasteiger partial charge in [-0.3, -0.25) is 4.79 Å². The van der Waals surface area contributed by atoms with E-state index in [2.05, 4.69) is 16.7 Å². The minimum Gasteiger partial charge on any atom is -0.467 e. The first-order valence-electron chi connectivity index (χ1n) is 6.43. The molecule has 0 atom stereocenters. The Labute approximate surface area is 122 Å². The van der Waals surface area contributed by atoms with Crippen molar-refractivity contribution >= 4 is 17.7 Å². The van der Waals surface area contributed by atoms with Gasteiger partial charge in [-0.1, -0.05) is 12.1 Å². The highest BCUT2D eigenvalue weighted by Crippen LogP contribution is 2.12. The molecule has 2 N–H and O–H groups in total. The summed E-state index contributed by atoms with van der Waals surface area (Å²) >= 11 is 0. The lowest BCUT2D eigenvalue weighted by Gasteiger charge is -2.04. The molecule has 0 aliphatic heterocycles. The van der Waals surface area contributed by atoms with E-state index in [0.29, 0.717) is 12.2 Å². The predicted octanol–water partition coefficient (Wildman–Crippen LogP) is 2.89. The van der Waals surface area contributed by atoms with Crippen LogP contribution in [0.1, 0.15) is 18.2 Å². The van der Waals surface area contributed by atoms with E-state index in [1.165, 1.54) is 6.92 Å². The number of hydrogen-bond donors (Lipinski definition) is 2. The third-order valence-corrected chi connectivity index (χ3v) is 2.70. The maximum absolute atomic E-state index is 10.9. The van der Waals surface area contributed by atoms with Crippen LogP contribution >= 0.6 is 0 Å². The maximum Gasteiger partial charge on any atom is 0.221 e. The highest BCUT2D eigenvalue weighted by atomic mass is 16.3. The van der Waals surface area contributed by atoms with Crippen molar-refractivity contribution in [2.75, 3.05) is 5.32 Å². The van der Waals surface area contributed by atoms with Gasteiger partial charge in [0, 0.05) is 12.6 Å². The molecule has 0 aliphatic carbocycles. The number of carbonyl (C=O) groups is 1. The SMILES string of the molecule is CC(=O)Nc1ccc(/C=C(\C#N)NCc2ccco2)cc1. The van der Waals surface area contributed by atoms with Crippen molar-refractivity contribution in [3.63, 3.8) is 0 Å². The van der Waals surface area contributed by atoms with Crippen molar-refractivity contribution in [2.24, 2.45) is 0 Å². The molecule has 1 aromatic carbocycles. The Morgan fingerprint density at radius 3 is 2.67 bits per heavy atom. The van der Waals surface area contributed by atoms with Crippen LogP contribution in [0, 0.1) is 11.3 Å². The standard InChI is InChI=1S/C16H15N3O2/c1-12(20)19-14-6-4-13(5-7-14)9-15(10-17)18-11-16-3-2-8-21-16/h2-9,18H,11H2,1H3,(H,19,20)/b15-9+. The average Bonchev–Trinajstić information content (AvgIpc) is 2.98. The first-order valence-corrected chi connectivity index (χ1v) is 6.43. The number of rotatable bonds is 5. The van der Waals surface area contributed by atoms with Gasteiger partial charge in [0.15, 0.2) is 0 Å². The molecular formula is C16H15N3O2. The van der Waals surface area contributed by atoms with Crippen molar-refractivity contribution in [3.8, 4) is 6.07 Å². The van der Waals surface area contributed by atoms with Crippen molar-refractivity contribution in [2.45, 2.75) is 13.5 Å². The van der Waals surface area contributed by atoms with E-state index in [0.717, 1.165) is 17.0 Å². The fraction of sp³-hybridized carbons (Fsp3) is 0.125. The van der Waals surface area contributed by atoms with Crippen LogP contribution in [0.25, 0.3) is 6.08 Å². The van der Waals surface area contributed by atoms with Crippen LogP contribution in [-0.2, 0) is 11.3 Å². The molecule has 2 rings (SSSR count). The first-order chi connectivity index (χ1) is 10.2. The Kier molecular flexibility index (Phi) is 4.78. The Bertz CT molecular complexity index is 665. The van der Waals surface area contributed by atoms with Crippen LogP contribution in [0.4, 0.5) is 5.69 Å². The fourth-order valence-electron chi connectivity index (χ4n) is 1.75. The largest absolute Gasteiger partial charge is 0.467 e. The second-order valence-corrected chi connectivity index (χ2v) is 4.41. The summed E-state index contributed by atoms with van der Waals surface area (Å²) in [6.45, 7) is 1.91. The van der Waals surface area contributed by atoms with E-state index in [1.807, 2.05) is 18.2 Å². The molecule has 1 aromatic heterocycles. The van der Waals surface area contributed by atoms with E-state index < -0.39 is 0 Å². The van der Waals surface area contributed by atoms with E-state index >= 15 is 0 Å². The van der Waals surface area contributed by atoms with E-state index in [4.69, 9.17) is 9.68 Å². The quantitative estimate of drug-likeness (QED) is 0.826. The molecule has 0 saturated heterocycles. The highest BCUT2D eigenvalue weighted by Gasteiger charge is 2.00. The van der Waals surface area contributed by atoms with E-state index in [-0.39, 0.29) is 5.91 Å². The molecule has 21 heavy (non-hydrogen) atoms. The second kappa shape index (κ2) is 6.96. The third-order valence-electron chi connectivity index (χ3n) is 2.70. The summed E-state index contributed by atoms with van der Waals surface area (Å²) in [6, 6.07) is 13.0. The van der Waals surface area contributed by atoms with Crippen LogP contribution in [0.15, 0.2) is 52.8 Å².